The Morgan fingerprint density at radius 1 is 1.23 bits per heavy atom. The maximum Gasteiger partial charge on any atom is 0.234 e. The Labute approximate surface area is 137 Å². The summed E-state index contributed by atoms with van der Waals surface area (Å²) >= 11 is 6.29. The van der Waals surface area contributed by atoms with Crippen molar-refractivity contribution in [3.8, 4) is 0 Å². The van der Waals surface area contributed by atoms with E-state index in [9.17, 15) is 4.79 Å². The molecule has 4 nitrogen and oxygen atoms in total. The zero-order chi connectivity index (χ0) is 15.6. The number of likely N-dealkylation sites (N-methyl/N-ethyl adjacent to an activating group) is 1. The molecule has 1 N–H and O–H groups in total. The summed E-state index contributed by atoms with van der Waals surface area (Å²) in [6.45, 7) is 4.59. The summed E-state index contributed by atoms with van der Waals surface area (Å²) in [6, 6.07) is 7.83. The molecule has 3 rings (SSSR count). The lowest BCUT2D eigenvalue weighted by Crippen LogP contribution is -2.43. The van der Waals surface area contributed by atoms with Gasteiger partial charge >= 0.3 is 0 Å². The quantitative estimate of drug-likeness (QED) is 0.922. The average molecular weight is 322 g/mol. The van der Waals surface area contributed by atoms with Gasteiger partial charge in [-0.3, -0.25) is 9.69 Å². The molecule has 2 aliphatic rings. The maximum absolute atomic E-state index is 12.4. The van der Waals surface area contributed by atoms with Crippen LogP contribution in [-0.2, 0) is 10.3 Å². The van der Waals surface area contributed by atoms with Crippen molar-refractivity contribution in [3.63, 3.8) is 0 Å². The molecular formula is C17H24ClN3O. The van der Waals surface area contributed by atoms with Crippen LogP contribution in [0.25, 0.3) is 0 Å². The Morgan fingerprint density at radius 3 is 2.73 bits per heavy atom. The predicted molar refractivity (Wildman–Crippen MR) is 89.1 cm³/mol. The van der Waals surface area contributed by atoms with Crippen molar-refractivity contribution in [1.29, 1.82) is 0 Å². The third-order valence-electron chi connectivity index (χ3n) is 4.70. The van der Waals surface area contributed by atoms with E-state index < -0.39 is 0 Å². The molecule has 0 spiro atoms. The lowest BCUT2D eigenvalue weighted by atomic mass is 10.0. The van der Waals surface area contributed by atoms with Gasteiger partial charge < -0.3 is 10.2 Å². The van der Waals surface area contributed by atoms with Gasteiger partial charge in [-0.15, -0.1) is 0 Å². The van der Waals surface area contributed by atoms with Crippen LogP contribution >= 0.6 is 11.6 Å². The Balaban J connectivity index is 1.59. The lowest BCUT2D eigenvalue weighted by molar-refractivity contribution is -0.123. The van der Waals surface area contributed by atoms with Crippen molar-refractivity contribution in [3.05, 3.63) is 34.9 Å². The number of hydrogen-bond acceptors (Lipinski definition) is 3. The summed E-state index contributed by atoms with van der Waals surface area (Å²) in [5.74, 6) is 0.113. The number of carbonyl (C=O) groups excluding carboxylic acids is 1. The van der Waals surface area contributed by atoms with Gasteiger partial charge in [0, 0.05) is 18.1 Å². The number of halogens is 1. The molecule has 0 bridgehead atoms. The van der Waals surface area contributed by atoms with Crippen molar-refractivity contribution in [2.75, 3.05) is 39.8 Å². The Hall–Kier alpha value is -1.10. The van der Waals surface area contributed by atoms with E-state index in [4.69, 9.17) is 11.6 Å². The molecule has 1 heterocycles. The van der Waals surface area contributed by atoms with Crippen molar-refractivity contribution >= 4 is 17.5 Å². The van der Waals surface area contributed by atoms with E-state index in [0.29, 0.717) is 6.54 Å². The summed E-state index contributed by atoms with van der Waals surface area (Å²) < 4.78 is 0. The topological polar surface area (TPSA) is 35.6 Å². The fourth-order valence-electron chi connectivity index (χ4n) is 3.20. The van der Waals surface area contributed by atoms with Gasteiger partial charge in [-0.05, 0) is 51.0 Å². The zero-order valence-electron chi connectivity index (χ0n) is 13.1. The number of amides is 1. The second kappa shape index (κ2) is 6.57. The molecule has 1 saturated heterocycles. The first-order valence-electron chi connectivity index (χ1n) is 8.06. The van der Waals surface area contributed by atoms with E-state index in [1.165, 1.54) is 0 Å². The predicted octanol–water partition coefficient (Wildman–Crippen LogP) is 2.08. The molecule has 120 valence electrons. The molecule has 1 saturated carbocycles. The van der Waals surface area contributed by atoms with Gasteiger partial charge in [0.25, 0.3) is 0 Å². The molecule has 0 aromatic heterocycles. The fourth-order valence-corrected chi connectivity index (χ4v) is 3.52. The molecule has 1 aliphatic heterocycles. The van der Waals surface area contributed by atoms with E-state index in [2.05, 4.69) is 22.2 Å². The summed E-state index contributed by atoms with van der Waals surface area (Å²) in [4.78, 5) is 17.0. The van der Waals surface area contributed by atoms with Gasteiger partial charge in [0.15, 0.2) is 0 Å². The van der Waals surface area contributed by atoms with Crippen LogP contribution in [0, 0.1) is 0 Å². The van der Waals surface area contributed by atoms with Gasteiger partial charge in [-0.1, -0.05) is 29.8 Å². The van der Waals surface area contributed by atoms with Crippen LogP contribution in [0.15, 0.2) is 24.3 Å². The number of nitrogens with zero attached hydrogens (tertiary/aromatic N) is 2. The summed E-state index contributed by atoms with van der Waals surface area (Å²) in [5.41, 5.74) is 0.832. The van der Waals surface area contributed by atoms with E-state index in [-0.39, 0.29) is 11.4 Å². The highest BCUT2D eigenvalue weighted by Gasteiger charge is 2.46. The lowest BCUT2D eigenvalue weighted by Gasteiger charge is -2.23. The van der Waals surface area contributed by atoms with Gasteiger partial charge in [0.2, 0.25) is 5.91 Å². The van der Waals surface area contributed by atoms with Gasteiger partial charge in [0.05, 0.1) is 12.1 Å². The van der Waals surface area contributed by atoms with Crippen LogP contribution in [0.1, 0.15) is 24.8 Å². The Kier molecular flexibility index (Phi) is 4.71. The van der Waals surface area contributed by atoms with Gasteiger partial charge in [0.1, 0.15) is 0 Å². The van der Waals surface area contributed by atoms with E-state index in [1.807, 2.05) is 24.3 Å². The first-order valence-corrected chi connectivity index (χ1v) is 8.44. The number of nitrogens with one attached hydrogen (secondary N) is 1. The second-order valence-electron chi connectivity index (χ2n) is 6.54. The molecule has 1 aromatic rings. The largest absolute Gasteiger partial charge is 0.345 e. The van der Waals surface area contributed by atoms with Gasteiger partial charge in [-0.2, -0.15) is 0 Å². The fraction of sp³-hybridized carbons (Fsp3) is 0.588. The first-order chi connectivity index (χ1) is 10.6. The van der Waals surface area contributed by atoms with Crippen LogP contribution in [-0.4, -0.2) is 55.5 Å². The molecule has 5 heteroatoms. The average Bonchev–Trinajstić information content (AvgIpc) is 3.27. The van der Waals surface area contributed by atoms with Crippen molar-refractivity contribution in [2.45, 2.75) is 24.8 Å². The van der Waals surface area contributed by atoms with Crippen LogP contribution in [0.2, 0.25) is 5.02 Å². The highest BCUT2D eigenvalue weighted by molar-refractivity contribution is 6.31. The monoisotopic (exact) mass is 321 g/mol. The normalized spacial score (nSPS) is 22.1. The van der Waals surface area contributed by atoms with Crippen LogP contribution in [0.5, 0.6) is 0 Å². The molecule has 0 unspecified atom stereocenters. The van der Waals surface area contributed by atoms with Crippen molar-refractivity contribution in [2.24, 2.45) is 0 Å². The molecule has 22 heavy (non-hydrogen) atoms. The SMILES string of the molecule is CN1CCCN(CC(=O)NC2(c3ccccc3Cl)CC2)CC1. The molecule has 1 amide bonds. The molecule has 2 fully saturated rings. The molecular weight excluding hydrogens is 298 g/mol. The van der Waals surface area contributed by atoms with E-state index in [0.717, 1.165) is 56.0 Å². The Morgan fingerprint density at radius 2 is 2.00 bits per heavy atom. The minimum atomic E-state index is -0.224. The van der Waals surface area contributed by atoms with Crippen molar-refractivity contribution < 1.29 is 4.79 Å². The minimum Gasteiger partial charge on any atom is -0.345 e. The molecule has 0 atom stereocenters. The van der Waals surface area contributed by atoms with Gasteiger partial charge in [-0.25, -0.2) is 0 Å². The third kappa shape index (κ3) is 3.62. The van der Waals surface area contributed by atoms with Crippen LogP contribution in [0.3, 0.4) is 0 Å². The number of hydrogen-bond donors (Lipinski definition) is 1. The third-order valence-corrected chi connectivity index (χ3v) is 5.03. The first kappa shape index (κ1) is 15.8. The minimum absolute atomic E-state index is 0.113. The maximum atomic E-state index is 12.4. The summed E-state index contributed by atoms with van der Waals surface area (Å²) in [5, 5.41) is 3.97. The zero-order valence-corrected chi connectivity index (χ0v) is 13.9. The molecule has 1 aliphatic carbocycles. The summed E-state index contributed by atoms with van der Waals surface area (Å²) in [7, 11) is 2.14. The molecule has 0 radical (unpaired) electrons. The second-order valence-corrected chi connectivity index (χ2v) is 6.95. The Bertz CT molecular complexity index is 544. The number of rotatable bonds is 4. The molecule has 1 aromatic carbocycles. The van der Waals surface area contributed by atoms with Crippen LogP contribution < -0.4 is 5.32 Å². The summed E-state index contributed by atoms with van der Waals surface area (Å²) in [6.07, 6.45) is 3.08. The highest BCUT2D eigenvalue weighted by atomic mass is 35.5. The number of carbonyl (C=O) groups is 1. The van der Waals surface area contributed by atoms with Crippen molar-refractivity contribution in [1.82, 2.24) is 15.1 Å². The highest BCUT2D eigenvalue weighted by Crippen LogP contribution is 2.47. The van der Waals surface area contributed by atoms with E-state index in [1.54, 1.807) is 0 Å². The number of benzene rings is 1. The van der Waals surface area contributed by atoms with E-state index >= 15 is 0 Å². The standard InChI is InChI=1S/C17H24ClN3O/c1-20-9-4-10-21(12-11-20)13-16(22)19-17(7-8-17)14-5-2-3-6-15(14)18/h2-3,5-6H,4,7-13H2,1H3,(H,19,22). The van der Waals surface area contributed by atoms with Crippen LogP contribution in [0.4, 0.5) is 0 Å². The smallest absolute Gasteiger partial charge is 0.234 e.